The van der Waals surface area contributed by atoms with E-state index in [1.807, 2.05) is 18.5 Å². The molecule has 146 valence electrons. The van der Waals surface area contributed by atoms with Crippen molar-refractivity contribution >= 4 is 12.0 Å². The third-order valence-corrected chi connectivity index (χ3v) is 5.48. The van der Waals surface area contributed by atoms with Gasteiger partial charge in [-0.3, -0.25) is 9.48 Å². The highest BCUT2D eigenvalue weighted by Gasteiger charge is 2.19. The first kappa shape index (κ1) is 19.9. The number of nitriles is 1. The minimum absolute atomic E-state index is 0.145. The molecule has 0 radical (unpaired) electrons. The predicted octanol–water partition coefficient (Wildman–Crippen LogP) is 4.21. The predicted molar refractivity (Wildman–Crippen MR) is 111 cm³/mol. The molecule has 5 heteroatoms. The van der Waals surface area contributed by atoms with Gasteiger partial charge in [-0.15, -0.1) is 0 Å². The molecule has 0 unspecified atom stereocenters. The number of amides is 1. The van der Waals surface area contributed by atoms with Crippen molar-refractivity contribution in [3.63, 3.8) is 0 Å². The largest absolute Gasteiger partial charge is 0.349 e. The van der Waals surface area contributed by atoms with Crippen LogP contribution in [0.25, 0.3) is 6.08 Å². The monoisotopic (exact) mass is 376 g/mol. The standard InChI is InChI=1S/C23H28N4O/c1-16-9-11-19(12-10-16)15-27-18(3)22(17(2)26-27)13-20(14-24)23(28)25-21-7-5-4-6-8-21/h9-13,21H,4-8,15H2,1-3H3,(H,25,28)/b20-13+. The lowest BCUT2D eigenvalue weighted by Gasteiger charge is -2.22. The van der Waals surface area contributed by atoms with Crippen LogP contribution in [0.15, 0.2) is 29.8 Å². The Morgan fingerprint density at radius 1 is 1.21 bits per heavy atom. The van der Waals surface area contributed by atoms with Crippen LogP contribution in [-0.4, -0.2) is 21.7 Å². The molecule has 1 amide bonds. The van der Waals surface area contributed by atoms with Crippen LogP contribution < -0.4 is 5.32 Å². The summed E-state index contributed by atoms with van der Waals surface area (Å²) in [5.41, 5.74) is 5.17. The second-order valence-corrected chi connectivity index (χ2v) is 7.71. The van der Waals surface area contributed by atoms with E-state index in [-0.39, 0.29) is 17.5 Å². The molecule has 1 N–H and O–H groups in total. The molecule has 0 saturated heterocycles. The molecule has 1 saturated carbocycles. The zero-order valence-electron chi connectivity index (χ0n) is 17.0. The van der Waals surface area contributed by atoms with Crippen molar-refractivity contribution in [3.05, 3.63) is 57.9 Å². The van der Waals surface area contributed by atoms with Crippen LogP contribution in [0.4, 0.5) is 0 Å². The number of aryl methyl sites for hydroxylation is 2. The average molecular weight is 377 g/mol. The van der Waals surface area contributed by atoms with E-state index in [0.29, 0.717) is 6.54 Å². The third kappa shape index (κ3) is 4.69. The van der Waals surface area contributed by atoms with Gasteiger partial charge in [-0.2, -0.15) is 10.4 Å². The minimum atomic E-state index is -0.278. The van der Waals surface area contributed by atoms with Crippen LogP contribution in [0, 0.1) is 32.1 Å². The van der Waals surface area contributed by atoms with Gasteiger partial charge < -0.3 is 5.32 Å². The van der Waals surface area contributed by atoms with Crippen LogP contribution in [-0.2, 0) is 11.3 Å². The lowest BCUT2D eigenvalue weighted by molar-refractivity contribution is -0.117. The second-order valence-electron chi connectivity index (χ2n) is 7.71. The maximum atomic E-state index is 12.6. The van der Waals surface area contributed by atoms with E-state index in [1.54, 1.807) is 6.08 Å². The van der Waals surface area contributed by atoms with E-state index < -0.39 is 0 Å². The lowest BCUT2D eigenvalue weighted by atomic mass is 9.95. The van der Waals surface area contributed by atoms with Crippen molar-refractivity contribution in [1.82, 2.24) is 15.1 Å². The van der Waals surface area contributed by atoms with Gasteiger partial charge in [0, 0.05) is 17.3 Å². The highest BCUT2D eigenvalue weighted by atomic mass is 16.1. The molecule has 3 rings (SSSR count). The Labute approximate surface area is 167 Å². The van der Waals surface area contributed by atoms with Gasteiger partial charge in [0.25, 0.3) is 5.91 Å². The van der Waals surface area contributed by atoms with E-state index in [9.17, 15) is 10.1 Å². The molecule has 0 atom stereocenters. The molecular formula is C23H28N4O. The zero-order valence-corrected chi connectivity index (χ0v) is 17.0. The van der Waals surface area contributed by atoms with Gasteiger partial charge in [0.1, 0.15) is 11.6 Å². The summed E-state index contributed by atoms with van der Waals surface area (Å²) in [5.74, 6) is -0.278. The summed E-state index contributed by atoms with van der Waals surface area (Å²) in [5, 5.41) is 17.2. The van der Waals surface area contributed by atoms with Crippen molar-refractivity contribution in [2.75, 3.05) is 0 Å². The van der Waals surface area contributed by atoms with E-state index in [1.165, 1.54) is 17.5 Å². The molecule has 1 aromatic heterocycles. The molecule has 1 heterocycles. The van der Waals surface area contributed by atoms with E-state index in [0.717, 1.165) is 42.6 Å². The Hall–Kier alpha value is -2.87. The van der Waals surface area contributed by atoms with E-state index in [4.69, 9.17) is 0 Å². The summed E-state index contributed by atoms with van der Waals surface area (Å²) in [6.45, 7) is 6.63. The molecular weight excluding hydrogens is 348 g/mol. The van der Waals surface area contributed by atoms with E-state index >= 15 is 0 Å². The fourth-order valence-electron chi connectivity index (χ4n) is 3.74. The molecule has 1 fully saturated rings. The highest BCUT2D eigenvalue weighted by Crippen LogP contribution is 2.20. The number of aromatic nitrogens is 2. The maximum Gasteiger partial charge on any atom is 0.262 e. The Bertz CT molecular complexity index is 909. The van der Waals surface area contributed by atoms with Crippen molar-refractivity contribution in [2.45, 2.75) is 65.5 Å². The van der Waals surface area contributed by atoms with Crippen molar-refractivity contribution in [2.24, 2.45) is 0 Å². The molecule has 5 nitrogen and oxygen atoms in total. The SMILES string of the molecule is Cc1ccc(Cn2nc(C)c(/C=C(\C#N)C(=O)NC3CCCCC3)c2C)cc1. The van der Waals surface area contributed by atoms with Crippen LogP contribution >= 0.6 is 0 Å². The van der Waals surface area contributed by atoms with Gasteiger partial charge in [0.15, 0.2) is 0 Å². The van der Waals surface area contributed by atoms with Gasteiger partial charge in [-0.25, -0.2) is 0 Å². The lowest BCUT2D eigenvalue weighted by Crippen LogP contribution is -2.36. The second kappa shape index (κ2) is 8.88. The Morgan fingerprint density at radius 3 is 2.54 bits per heavy atom. The maximum absolute atomic E-state index is 12.6. The molecule has 0 spiro atoms. The summed E-state index contributed by atoms with van der Waals surface area (Å²) in [4.78, 5) is 12.6. The quantitative estimate of drug-likeness (QED) is 0.627. The van der Waals surface area contributed by atoms with Crippen LogP contribution in [0.5, 0.6) is 0 Å². The molecule has 1 aromatic carbocycles. The minimum Gasteiger partial charge on any atom is -0.349 e. The number of hydrogen-bond acceptors (Lipinski definition) is 3. The number of nitrogens with zero attached hydrogens (tertiary/aromatic N) is 3. The topological polar surface area (TPSA) is 70.7 Å². The molecule has 0 bridgehead atoms. The summed E-state index contributed by atoms with van der Waals surface area (Å²) < 4.78 is 1.93. The highest BCUT2D eigenvalue weighted by molar-refractivity contribution is 6.02. The number of hydrogen-bond donors (Lipinski definition) is 1. The summed E-state index contributed by atoms with van der Waals surface area (Å²) in [6, 6.07) is 10.6. The fraction of sp³-hybridized carbons (Fsp3) is 0.435. The average Bonchev–Trinajstić information content (AvgIpc) is 2.95. The summed E-state index contributed by atoms with van der Waals surface area (Å²) in [6.07, 6.45) is 7.18. The Balaban J connectivity index is 1.79. The van der Waals surface area contributed by atoms with Crippen molar-refractivity contribution in [1.29, 1.82) is 5.26 Å². The third-order valence-electron chi connectivity index (χ3n) is 5.48. The fourth-order valence-corrected chi connectivity index (χ4v) is 3.74. The summed E-state index contributed by atoms with van der Waals surface area (Å²) in [7, 11) is 0. The van der Waals surface area contributed by atoms with E-state index in [2.05, 4.69) is 47.7 Å². The first-order valence-electron chi connectivity index (χ1n) is 10.00. The number of carbonyl (C=O) groups is 1. The van der Waals surface area contributed by atoms with Crippen molar-refractivity contribution in [3.8, 4) is 6.07 Å². The van der Waals surface area contributed by atoms with Gasteiger partial charge in [-0.05, 0) is 45.3 Å². The van der Waals surface area contributed by atoms with Gasteiger partial charge in [0.05, 0.1) is 12.2 Å². The first-order chi connectivity index (χ1) is 13.5. The van der Waals surface area contributed by atoms with Crippen LogP contribution in [0.2, 0.25) is 0 Å². The molecule has 1 aliphatic carbocycles. The van der Waals surface area contributed by atoms with Gasteiger partial charge in [-0.1, -0.05) is 49.1 Å². The molecule has 2 aromatic rings. The Kier molecular flexibility index (Phi) is 6.30. The number of nitrogens with one attached hydrogen (secondary N) is 1. The molecule has 1 aliphatic rings. The Morgan fingerprint density at radius 2 is 1.89 bits per heavy atom. The summed E-state index contributed by atoms with van der Waals surface area (Å²) >= 11 is 0. The zero-order chi connectivity index (χ0) is 20.1. The molecule has 0 aliphatic heterocycles. The van der Waals surface area contributed by atoms with Gasteiger partial charge in [0.2, 0.25) is 0 Å². The number of rotatable bonds is 5. The van der Waals surface area contributed by atoms with Crippen LogP contribution in [0.1, 0.15) is 60.2 Å². The first-order valence-corrected chi connectivity index (χ1v) is 10.00. The number of benzene rings is 1. The van der Waals surface area contributed by atoms with Crippen LogP contribution in [0.3, 0.4) is 0 Å². The normalized spacial score (nSPS) is 15.3. The number of carbonyl (C=O) groups excluding carboxylic acids is 1. The van der Waals surface area contributed by atoms with Crippen molar-refractivity contribution < 1.29 is 4.79 Å². The smallest absolute Gasteiger partial charge is 0.262 e. The molecule has 28 heavy (non-hydrogen) atoms. The van der Waals surface area contributed by atoms with Gasteiger partial charge >= 0.3 is 0 Å².